The van der Waals surface area contributed by atoms with Crippen molar-refractivity contribution < 1.29 is 13.6 Å². The minimum Gasteiger partial charge on any atom is -0.349 e. The lowest BCUT2D eigenvalue weighted by atomic mass is 9.84. The number of carbonyl (C=O) groups excluding carboxylic acids is 1. The van der Waals surface area contributed by atoms with E-state index in [2.05, 4.69) is 0 Å². The van der Waals surface area contributed by atoms with Crippen molar-refractivity contribution in [3.05, 3.63) is 69.3 Å². The second kappa shape index (κ2) is 6.28. The molecule has 1 aromatic carbocycles. The first kappa shape index (κ1) is 20.0. The van der Waals surface area contributed by atoms with Gasteiger partial charge in [-0.25, -0.2) is 8.78 Å². The first-order valence-corrected chi connectivity index (χ1v) is 10.5. The maximum Gasteiger partial charge on any atom is 0.263 e. The lowest BCUT2D eigenvalue weighted by molar-refractivity contribution is 0.0691. The average Bonchev–Trinajstić information content (AvgIpc) is 3.02. The molecule has 0 spiro atoms. The van der Waals surface area contributed by atoms with Crippen LogP contribution in [0, 0.1) is 19.8 Å². The Morgan fingerprint density at radius 2 is 1.77 bits per heavy atom. The van der Waals surface area contributed by atoms with Gasteiger partial charge in [0.1, 0.15) is 0 Å². The number of pyridine rings is 1. The Morgan fingerprint density at radius 3 is 2.45 bits per heavy atom. The second-order valence-corrected chi connectivity index (χ2v) is 9.07. The molecule has 0 N–H and O–H groups in total. The van der Waals surface area contributed by atoms with Crippen LogP contribution in [-0.2, 0) is 19.5 Å². The molecule has 3 aromatic rings. The molecule has 1 aliphatic heterocycles. The van der Waals surface area contributed by atoms with Gasteiger partial charge in [0.25, 0.3) is 17.4 Å². The summed E-state index contributed by atoms with van der Waals surface area (Å²) in [6.07, 6.45) is 3.60. The van der Waals surface area contributed by atoms with Gasteiger partial charge in [-0.15, -0.1) is 0 Å². The molecule has 7 heteroatoms. The van der Waals surface area contributed by atoms with Crippen molar-refractivity contribution in [1.82, 2.24) is 14.0 Å². The van der Waals surface area contributed by atoms with E-state index in [4.69, 9.17) is 0 Å². The van der Waals surface area contributed by atoms with Crippen LogP contribution < -0.4 is 5.56 Å². The molecule has 0 bridgehead atoms. The molecule has 1 amide bonds. The molecule has 5 nitrogen and oxygen atoms in total. The van der Waals surface area contributed by atoms with Gasteiger partial charge in [0.15, 0.2) is 0 Å². The molecule has 2 aromatic heterocycles. The van der Waals surface area contributed by atoms with E-state index in [0.29, 0.717) is 16.5 Å². The smallest absolute Gasteiger partial charge is 0.263 e. The molecule has 1 saturated heterocycles. The summed E-state index contributed by atoms with van der Waals surface area (Å²) < 4.78 is 33.4. The summed E-state index contributed by atoms with van der Waals surface area (Å²) in [7, 11) is 3.44. The number of likely N-dealkylation sites (tertiary alicyclic amines) is 1. The first-order chi connectivity index (χ1) is 14.6. The monoisotopic (exact) mass is 425 g/mol. The number of carbonyl (C=O) groups is 1. The number of hydrogen-bond donors (Lipinski definition) is 0. The summed E-state index contributed by atoms with van der Waals surface area (Å²) in [5, 5.41) is 0.355. The van der Waals surface area contributed by atoms with Crippen molar-refractivity contribution >= 4 is 16.8 Å². The van der Waals surface area contributed by atoms with E-state index >= 15 is 8.78 Å². The molecule has 5 rings (SSSR count). The second-order valence-electron chi connectivity index (χ2n) is 9.07. The van der Waals surface area contributed by atoms with Crippen molar-refractivity contribution in [2.75, 3.05) is 13.1 Å². The number of nitrogens with zero attached hydrogens (tertiary/aromatic N) is 3. The van der Waals surface area contributed by atoms with Gasteiger partial charge in [0.05, 0.1) is 27.8 Å². The van der Waals surface area contributed by atoms with Crippen LogP contribution >= 0.6 is 0 Å². The van der Waals surface area contributed by atoms with Gasteiger partial charge in [-0.1, -0.05) is 24.3 Å². The van der Waals surface area contributed by atoms with Gasteiger partial charge in [-0.3, -0.25) is 9.59 Å². The van der Waals surface area contributed by atoms with Crippen LogP contribution in [0.3, 0.4) is 0 Å². The Morgan fingerprint density at radius 1 is 1.06 bits per heavy atom. The van der Waals surface area contributed by atoms with Crippen molar-refractivity contribution in [3.63, 3.8) is 0 Å². The summed E-state index contributed by atoms with van der Waals surface area (Å²) in [4.78, 5) is 27.7. The SMILES string of the molecule is Cc1ccccc1C12CCN(C(=O)c3cn(C)c4c(C)cn(C)c(=O)c34)CC1C2(F)F. The zero-order chi connectivity index (χ0) is 22.3. The maximum absolute atomic E-state index is 15.1. The number of aryl methyl sites for hydroxylation is 4. The van der Waals surface area contributed by atoms with Crippen LogP contribution in [0.1, 0.15) is 33.5 Å². The van der Waals surface area contributed by atoms with E-state index in [1.165, 1.54) is 9.47 Å². The molecule has 1 aliphatic carbocycles. The minimum atomic E-state index is -2.85. The fourth-order valence-corrected chi connectivity index (χ4v) is 5.76. The highest BCUT2D eigenvalue weighted by atomic mass is 19.3. The van der Waals surface area contributed by atoms with Crippen molar-refractivity contribution in [1.29, 1.82) is 0 Å². The summed E-state index contributed by atoms with van der Waals surface area (Å²) in [6.45, 7) is 3.98. The lowest BCUT2D eigenvalue weighted by Crippen LogP contribution is -2.41. The number of hydrogen-bond acceptors (Lipinski definition) is 2. The van der Waals surface area contributed by atoms with Crippen LogP contribution in [0.5, 0.6) is 0 Å². The molecule has 31 heavy (non-hydrogen) atoms. The Balaban J connectivity index is 1.52. The lowest BCUT2D eigenvalue weighted by Gasteiger charge is -2.31. The minimum absolute atomic E-state index is 0.0112. The van der Waals surface area contributed by atoms with E-state index in [-0.39, 0.29) is 36.5 Å². The summed E-state index contributed by atoms with van der Waals surface area (Å²) >= 11 is 0. The van der Waals surface area contributed by atoms with Gasteiger partial charge in [-0.2, -0.15) is 0 Å². The fourth-order valence-electron chi connectivity index (χ4n) is 5.76. The van der Waals surface area contributed by atoms with Gasteiger partial charge >= 0.3 is 0 Å². The molecule has 2 fully saturated rings. The van der Waals surface area contributed by atoms with E-state index in [1.54, 1.807) is 43.2 Å². The van der Waals surface area contributed by atoms with Crippen LogP contribution in [0.25, 0.3) is 10.9 Å². The Hall–Kier alpha value is -2.96. The van der Waals surface area contributed by atoms with Gasteiger partial charge in [0.2, 0.25) is 0 Å². The number of benzene rings is 1. The third kappa shape index (κ3) is 2.46. The van der Waals surface area contributed by atoms with Gasteiger partial charge in [-0.05, 0) is 37.0 Å². The standard InChI is InChI=1S/C24H25F2N3O2/c1-14-7-5-6-8-17(14)23-9-10-29(13-18(23)24(23,25)26)21(30)16-12-27(3)20-15(2)11-28(4)22(31)19(16)20/h5-8,11-12,18H,9-10,13H2,1-4H3. The number of amides is 1. The van der Waals surface area contributed by atoms with Crippen LogP contribution in [0.15, 0.2) is 41.5 Å². The fraction of sp³-hybridized carbons (Fsp3) is 0.417. The topological polar surface area (TPSA) is 47.2 Å². The highest BCUT2D eigenvalue weighted by Gasteiger charge is 2.82. The van der Waals surface area contributed by atoms with E-state index in [0.717, 1.165) is 11.1 Å². The average molecular weight is 425 g/mol. The van der Waals surface area contributed by atoms with E-state index in [1.807, 2.05) is 26.0 Å². The molecule has 3 heterocycles. The van der Waals surface area contributed by atoms with Crippen molar-refractivity contribution in [2.24, 2.45) is 20.0 Å². The number of aromatic nitrogens is 2. The summed E-state index contributed by atoms with van der Waals surface area (Å²) in [5.41, 5.74) is 1.96. The number of halogens is 2. The van der Waals surface area contributed by atoms with E-state index < -0.39 is 17.3 Å². The van der Waals surface area contributed by atoms with Crippen molar-refractivity contribution in [2.45, 2.75) is 31.6 Å². The van der Waals surface area contributed by atoms with Crippen molar-refractivity contribution in [3.8, 4) is 0 Å². The predicted octanol–water partition coefficient (Wildman–Crippen LogP) is 3.54. The molecular weight excluding hydrogens is 400 g/mol. The molecule has 2 aliphatic rings. The maximum atomic E-state index is 15.1. The Labute approximate surface area is 178 Å². The number of piperidine rings is 1. The molecule has 0 radical (unpaired) electrons. The van der Waals surface area contributed by atoms with Gasteiger partial charge in [0, 0.05) is 39.6 Å². The third-order valence-corrected chi connectivity index (χ3v) is 7.34. The zero-order valence-corrected chi connectivity index (χ0v) is 18.1. The largest absolute Gasteiger partial charge is 0.349 e. The predicted molar refractivity (Wildman–Crippen MR) is 115 cm³/mol. The zero-order valence-electron chi connectivity index (χ0n) is 18.1. The molecular formula is C24H25F2N3O2. The quantitative estimate of drug-likeness (QED) is 0.631. The molecule has 2 atom stereocenters. The van der Waals surface area contributed by atoms with Crippen LogP contribution in [0.4, 0.5) is 8.78 Å². The third-order valence-electron chi connectivity index (χ3n) is 7.34. The number of fused-ring (bicyclic) bond motifs is 2. The number of rotatable bonds is 2. The van der Waals surface area contributed by atoms with E-state index in [9.17, 15) is 9.59 Å². The van der Waals surface area contributed by atoms with Gasteiger partial charge < -0.3 is 14.0 Å². The molecule has 2 unspecified atom stereocenters. The Bertz CT molecular complexity index is 1310. The normalized spacial score (nSPS) is 24.3. The van der Waals surface area contributed by atoms with Crippen LogP contribution in [-0.4, -0.2) is 39.0 Å². The molecule has 162 valence electrons. The highest BCUT2D eigenvalue weighted by molar-refractivity contribution is 6.07. The summed E-state index contributed by atoms with van der Waals surface area (Å²) in [6, 6.07) is 7.31. The van der Waals surface area contributed by atoms with Crippen LogP contribution in [0.2, 0.25) is 0 Å². The Kier molecular flexibility index (Phi) is 4.04. The highest BCUT2D eigenvalue weighted by Crippen LogP contribution is 2.70. The number of alkyl halides is 2. The molecule has 1 saturated carbocycles. The summed E-state index contributed by atoms with van der Waals surface area (Å²) in [5.74, 6) is -4.10. The first-order valence-electron chi connectivity index (χ1n) is 10.5.